The van der Waals surface area contributed by atoms with Crippen molar-refractivity contribution >= 4 is 18.9 Å². The van der Waals surface area contributed by atoms with Crippen molar-refractivity contribution in [2.45, 2.75) is 40.0 Å². The number of rotatable bonds is 5. The van der Waals surface area contributed by atoms with Gasteiger partial charge in [0.2, 0.25) is 0 Å². The zero-order valence-corrected chi connectivity index (χ0v) is 15.0. The van der Waals surface area contributed by atoms with E-state index in [9.17, 15) is 0 Å². The summed E-state index contributed by atoms with van der Waals surface area (Å²) in [5.74, 6) is 0. The van der Waals surface area contributed by atoms with Crippen LogP contribution in [0.5, 0.6) is 0 Å². The minimum Gasteiger partial charge on any atom is -0.367 e. The van der Waals surface area contributed by atoms with E-state index in [0.29, 0.717) is 0 Å². The average molecular weight is 298 g/mol. The maximum absolute atomic E-state index is 2.43. The van der Waals surface area contributed by atoms with Gasteiger partial charge in [-0.1, -0.05) is 61.2 Å². The lowest BCUT2D eigenvalue weighted by Gasteiger charge is -2.24. The smallest absolute Gasteiger partial charge is 0.0775 e. The zero-order chi connectivity index (χ0) is 15.5. The predicted octanol–water partition coefficient (Wildman–Crippen LogP) is 4.57. The normalized spacial score (nSPS) is 11.5. The molecule has 2 rings (SSSR count). The summed E-state index contributed by atoms with van der Waals surface area (Å²) < 4.78 is 0. The number of hydrogen-bond acceptors (Lipinski definition) is 1. The summed E-state index contributed by atoms with van der Waals surface area (Å²) in [4.78, 5) is 2.43. The fraction of sp³-hybridized carbons (Fsp3) is 0.368. The fourth-order valence-electron chi connectivity index (χ4n) is 2.54. The van der Waals surface area contributed by atoms with Gasteiger partial charge in [0, 0.05) is 18.8 Å². The van der Waals surface area contributed by atoms with E-state index in [-0.39, 0.29) is 0 Å². The van der Waals surface area contributed by atoms with E-state index in [2.05, 4.69) is 86.9 Å². The van der Waals surface area contributed by atoms with Gasteiger partial charge in [-0.15, -0.1) is 0 Å². The van der Waals surface area contributed by atoms with Crippen molar-refractivity contribution in [3.05, 3.63) is 59.7 Å². The van der Waals surface area contributed by atoms with Crippen LogP contribution in [0.1, 0.15) is 18.1 Å². The van der Waals surface area contributed by atoms with E-state index in [4.69, 9.17) is 0 Å². The molecule has 0 aliphatic rings. The highest BCUT2D eigenvalue weighted by Gasteiger charge is 2.15. The number of nitrogens with zero attached hydrogens (tertiary/aromatic N) is 1. The molecule has 2 heteroatoms. The van der Waals surface area contributed by atoms with Crippen LogP contribution in [-0.2, 0) is 6.54 Å². The molecule has 0 fully saturated rings. The molecule has 0 heterocycles. The van der Waals surface area contributed by atoms with Crippen LogP contribution < -0.4 is 10.1 Å². The predicted molar refractivity (Wildman–Crippen MR) is 97.3 cm³/mol. The second kappa shape index (κ2) is 6.48. The van der Waals surface area contributed by atoms with E-state index in [1.54, 1.807) is 0 Å². The van der Waals surface area contributed by atoms with Crippen LogP contribution in [0, 0.1) is 6.92 Å². The molecule has 112 valence electrons. The van der Waals surface area contributed by atoms with Gasteiger partial charge in [-0.3, -0.25) is 0 Å². The van der Waals surface area contributed by atoms with E-state index in [1.165, 1.54) is 22.0 Å². The Morgan fingerprint density at radius 1 is 0.952 bits per heavy atom. The Labute approximate surface area is 130 Å². The second-order valence-electron chi connectivity index (χ2n) is 6.80. The number of benzene rings is 2. The molecule has 0 aliphatic heterocycles. The third-order valence-corrected chi connectivity index (χ3v) is 6.01. The molecule has 0 N–H and O–H groups in total. The van der Waals surface area contributed by atoms with E-state index >= 15 is 0 Å². The standard InChI is InChI=1S/C19H27NSi/c1-6-20(18-9-7-8-16(2)14-18)15-17-10-12-19(13-11-17)21(3,4)5/h7-14H,6,15H2,1-5H3. The van der Waals surface area contributed by atoms with E-state index in [1.807, 2.05) is 0 Å². The molecule has 0 unspecified atom stereocenters. The monoisotopic (exact) mass is 297 g/mol. The Balaban J connectivity index is 2.15. The first-order valence-corrected chi connectivity index (χ1v) is 11.3. The molecular weight excluding hydrogens is 270 g/mol. The third-order valence-electron chi connectivity index (χ3n) is 3.94. The molecule has 0 radical (unpaired) electrons. The second-order valence-corrected chi connectivity index (χ2v) is 11.9. The summed E-state index contributed by atoms with van der Waals surface area (Å²) in [5.41, 5.74) is 4.02. The molecule has 1 nitrogen and oxygen atoms in total. The summed E-state index contributed by atoms with van der Waals surface area (Å²) in [7, 11) is -1.19. The Hall–Kier alpha value is -1.54. The number of anilines is 1. The highest BCUT2D eigenvalue weighted by Crippen LogP contribution is 2.18. The van der Waals surface area contributed by atoms with Crippen LogP contribution in [0.25, 0.3) is 0 Å². The summed E-state index contributed by atoms with van der Waals surface area (Å²) >= 11 is 0. The summed E-state index contributed by atoms with van der Waals surface area (Å²) in [6.45, 7) is 13.6. The average Bonchev–Trinajstić information content (AvgIpc) is 2.44. The van der Waals surface area contributed by atoms with Crippen molar-refractivity contribution in [2.24, 2.45) is 0 Å². The number of aryl methyl sites for hydroxylation is 1. The van der Waals surface area contributed by atoms with E-state index in [0.717, 1.165) is 13.1 Å². The molecule has 0 amide bonds. The van der Waals surface area contributed by atoms with Crippen LogP contribution in [-0.4, -0.2) is 14.6 Å². The molecule has 2 aromatic rings. The zero-order valence-electron chi connectivity index (χ0n) is 14.0. The van der Waals surface area contributed by atoms with Crippen molar-refractivity contribution in [1.82, 2.24) is 0 Å². The molecule has 21 heavy (non-hydrogen) atoms. The van der Waals surface area contributed by atoms with Crippen molar-refractivity contribution < 1.29 is 0 Å². The van der Waals surface area contributed by atoms with Crippen molar-refractivity contribution in [3.8, 4) is 0 Å². The SMILES string of the molecule is CCN(Cc1ccc([Si](C)(C)C)cc1)c1cccc(C)c1. The Morgan fingerprint density at radius 2 is 1.62 bits per heavy atom. The molecule has 0 aromatic heterocycles. The van der Waals surface area contributed by atoms with Gasteiger partial charge < -0.3 is 4.90 Å². The maximum atomic E-state index is 2.43. The molecule has 0 aliphatic carbocycles. The minimum atomic E-state index is -1.19. The van der Waals surface area contributed by atoms with Crippen molar-refractivity contribution in [1.29, 1.82) is 0 Å². The lowest BCUT2D eigenvalue weighted by Crippen LogP contribution is -2.37. The van der Waals surface area contributed by atoms with Gasteiger partial charge in [0.05, 0.1) is 8.07 Å². The summed E-state index contributed by atoms with van der Waals surface area (Å²) in [6, 6.07) is 18.0. The molecule has 0 saturated carbocycles. The highest BCUT2D eigenvalue weighted by molar-refractivity contribution is 6.88. The fourth-order valence-corrected chi connectivity index (χ4v) is 3.71. The van der Waals surface area contributed by atoms with Gasteiger partial charge >= 0.3 is 0 Å². The topological polar surface area (TPSA) is 3.24 Å². The van der Waals surface area contributed by atoms with Crippen molar-refractivity contribution in [2.75, 3.05) is 11.4 Å². The van der Waals surface area contributed by atoms with Gasteiger partial charge in [-0.2, -0.15) is 0 Å². The minimum absolute atomic E-state index is 0.978. The summed E-state index contributed by atoms with van der Waals surface area (Å²) in [5, 5.41) is 1.53. The first kappa shape index (κ1) is 15.8. The van der Waals surface area contributed by atoms with Gasteiger partial charge in [-0.25, -0.2) is 0 Å². The third kappa shape index (κ3) is 4.21. The van der Waals surface area contributed by atoms with Gasteiger partial charge in [-0.05, 0) is 37.1 Å². The quantitative estimate of drug-likeness (QED) is 0.731. The van der Waals surface area contributed by atoms with Crippen LogP contribution >= 0.6 is 0 Å². The number of hydrogen-bond donors (Lipinski definition) is 0. The van der Waals surface area contributed by atoms with Gasteiger partial charge in [0.25, 0.3) is 0 Å². The molecule has 2 aromatic carbocycles. The Bertz CT molecular complexity index is 581. The molecule has 0 saturated heterocycles. The summed E-state index contributed by atoms with van der Waals surface area (Å²) in [6.07, 6.45) is 0. The molecule has 0 spiro atoms. The van der Waals surface area contributed by atoms with Crippen LogP contribution in [0.15, 0.2) is 48.5 Å². The van der Waals surface area contributed by atoms with Gasteiger partial charge in [0.15, 0.2) is 0 Å². The largest absolute Gasteiger partial charge is 0.367 e. The maximum Gasteiger partial charge on any atom is 0.0775 e. The highest BCUT2D eigenvalue weighted by atomic mass is 28.3. The van der Waals surface area contributed by atoms with Crippen LogP contribution in [0.2, 0.25) is 19.6 Å². The Kier molecular flexibility index (Phi) is 4.89. The van der Waals surface area contributed by atoms with Crippen LogP contribution in [0.3, 0.4) is 0 Å². The van der Waals surface area contributed by atoms with Crippen LogP contribution in [0.4, 0.5) is 5.69 Å². The molecule has 0 atom stereocenters. The lowest BCUT2D eigenvalue weighted by molar-refractivity contribution is 0.831. The van der Waals surface area contributed by atoms with Crippen molar-refractivity contribution in [3.63, 3.8) is 0 Å². The van der Waals surface area contributed by atoms with Gasteiger partial charge in [0.1, 0.15) is 0 Å². The lowest BCUT2D eigenvalue weighted by atomic mass is 10.1. The first-order valence-electron chi connectivity index (χ1n) is 7.81. The Morgan fingerprint density at radius 3 is 2.14 bits per heavy atom. The van der Waals surface area contributed by atoms with E-state index < -0.39 is 8.07 Å². The molecular formula is C19H27NSi. The molecule has 0 bridgehead atoms. The first-order chi connectivity index (χ1) is 9.90.